The molecule has 0 bridgehead atoms. The molecule has 10 heteroatoms. The van der Waals surface area contributed by atoms with E-state index in [4.69, 9.17) is 4.42 Å². The van der Waals surface area contributed by atoms with Gasteiger partial charge in [0.25, 0.3) is 11.6 Å². The first-order chi connectivity index (χ1) is 14.9. The molecule has 1 saturated heterocycles. The number of nitrogens with zero attached hydrogens (tertiary/aromatic N) is 3. The van der Waals surface area contributed by atoms with Gasteiger partial charge in [0, 0.05) is 31.3 Å². The molecule has 1 fully saturated rings. The van der Waals surface area contributed by atoms with Crippen LogP contribution in [-0.2, 0) is 17.9 Å². The third kappa shape index (κ3) is 4.32. The second kappa shape index (κ2) is 8.42. The fraction of sp³-hybridized carbons (Fsp3) is 0.286. The molecule has 10 nitrogen and oxygen atoms in total. The van der Waals surface area contributed by atoms with Crippen molar-refractivity contribution in [2.24, 2.45) is 0 Å². The molecule has 160 valence electrons. The van der Waals surface area contributed by atoms with Crippen LogP contribution >= 0.6 is 0 Å². The van der Waals surface area contributed by atoms with Crippen molar-refractivity contribution in [3.05, 3.63) is 74.3 Å². The summed E-state index contributed by atoms with van der Waals surface area (Å²) >= 11 is 0. The molecule has 3 aromatic rings. The van der Waals surface area contributed by atoms with Crippen LogP contribution in [0.1, 0.15) is 28.8 Å². The van der Waals surface area contributed by atoms with Gasteiger partial charge in [0.15, 0.2) is 5.58 Å². The molecule has 1 aliphatic rings. The molecule has 0 radical (unpaired) electrons. The molecule has 4 rings (SSSR count). The molecule has 0 unspecified atom stereocenters. The van der Waals surface area contributed by atoms with Gasteiger partial charge in [-0.25, -0.2) is 4.79 Å². The van der Waals surface area contributed by atoms with Crippen molar-refractivity contribution in [3.63, 3.8) is 0 Å². The molecule has 0 saturated carbocycles. The molecule has 1 aliphatic heterocycles. The highest BCUT2D eigenvalue weighted by Crippen LogP contribution is 2.20. The van der Waals surface area contributed by atoms with Crippen molar-refractivity contribution >= 4 is 28.6 Å². The smallest absolute Gasteiger partial charge is 0.407 e. The van der Waals surface area contributed by atoms with Crippen LogP contribution in [0.5, 0.6) is 0 Å². The van der Waals surface area contributed by atoms with Crippen LogP contribution in [0.15, 0.2) is 51.7 Å². The van der Waals surface area contributed by atoms with E-state index in [0.717, 1.165) is 42.1 Å². The van der Waals surface area contributed by atoms with Gasteiger partial charge in [-0.05, 0) is 36.6 Å². The number of nitro benzene ring substituents is 1. The SMILES string of the molecule is O=C(Cn1c(=O)oc2cc([N+](=O)[O-])ccc21)NCc1ccc(C(=O)N2CCCC2)cc1. The largest absolute Gasteiger partial charge is 0.420 e. The third-order valence-electron chi connectivity index (χ3n) is 5.25. The quantitative estimate of drug-likeness (QED) is 0.477. The highest BCUT2D eigenvalue weighted by Gasteiger charge is 2.19. The number of amides is 2. The maximum absolute atomic E-state index is 12.4. The lowest BCUT2D eigenvalue weighted by Crippen LogP contribution is -2.30. The normalized spacial score (nSPS) is 13.5. The highest BCUT2D eigenvalue weighted by atomic mass is 16.6. The van der Waals surface area contributed by atoms with E-state index in [1.165, 1.54) is 12.1 Å². The number of likely N-dealkylation sites (tertiary alicyclic amines) is 1. The lowest BCUT2D eigenvalue weighted by atomic mass is 10.1. The maximum Gasteiger partial charge on any atom is 0.420 e. The van der Waals surface area contributed by atoms with Crippen LogP contribution in [0.2, 0.25) is 0 Å². The van der Waals surface area contributed by atoms with Gasteiger partial charge in [-0.1, -0.05) is 12.1 Å². The molecule has 1 aromatic heterocycles. The highest BCUT2D eigenvalue weighted by molar-refractivity contribution is 5.94. The van der Waals surface area contributed by atoms with E-state index in [2.05, 4.69) is 5.32 Å². The van der Waals surface area contributed by atoms with Gasteiger partial charge in [-0.3, -0.25) is 24.3 Å². The molecule has 1 N–H and O–H groups in total. The number of aromatic nitrogens is 1. The van der Waals surface area contributed by atoms with Crippen LogP contribution in [0.3, 0.4) is 0 Å². The average molecular weight is 424 g/mol. The van der Waals surface area contributed by atoms with E-state index in [-0.39, 0.29) is 30.3 Å². The van der Waals surface area contributed by atoms with Crippen molar-refractivity contribution < 1.29 is 18.9 Å². The number of rotatable bonds is 6. The Morgan fingerprint density at radius 1 is 1.10 bits per heavy atom. The second-order valence-electron chi connectivity index (χ2n) is 7.34. The van der Waals surface area contributed by atoms with E-state index >= 15 is 0 Å². The summed E-state index contributed by atoms with van der Waals surface area (Å²) in [6.07, 6.45) is 2.06. The van der Waals surface area contributed by atoms with Crippen LogP contribution in [-0.4, -0.2) is 39.3 Å². The molecule has 2 amide bonds. The lowest BCUT2D eigenvalue weighted by Gasteiger charge is -2.15. The minimum absolute atomic E-state index is 0.0135. The summed E-state index contributed by atoms with van der Waals surface area (Å²) in [7, 11) is 0. The number of hydrogen-bond acceptors (Lipinski definition) is 6. The van der Waals surface area contributed by atoms with Crippen molar-refractivity contribution in [1.29, 1.82) is 0 Å². The van der Waals surface area contributed by atoms with Gasteiger partial charge in [0.05, 0.1) is 16.5 Å². The molecule has 2 aromatic carbocycles. The number of nitro groups is 1. The fourth-order valence-electron chi connectivity index (χ4n) is 3.59. The predicted octanol–water partition coefficient (Wildman–Crippen LogP) is 2.06. The van der Waals surface area contributed by atoms with Gasteiger partial charge < -0.3 is 14.6 Å². The van der Waals surface area contributed by atoms with E-state index in [1.807, 2.05) is 4.90 Å². The Bertz CT molecular complexity index is 1200. The number of benzene rings is 2. The standard InChI is InChI=1S/C21H20N4O6/c26-19(13-24-17-8-7-16(25(29)30)11-18(17)31-21(24)28)22-12-14-3-5-15(6-4-14)20(27)23-9-1-2-10-23/h3-8,11H,1-2,9-10,12-13H2,(H,22,26). The molecule has 0 aliphatic carbocycles. The van der Waals surface area contributed by atoms with E-state index in [1.54, 1.807) is 24.3 Å². The lowest BCUT2D eigenvalue weighted by molar-refractivity contribution is -0.384. The maximum atomic E-state index is 12.4. The Kier molecular flexibility index (Phi) is 5.52. The number of nitrogens with one attached hydrogen (secondary N) is 1. The zero-order valence-electron chi connectivity index (χ0n) is 16.6. The Labute approximate surface area is 176 Å². The van der Waals surface area contributed by atoms with Crippen LogP contribution in [0, 0.1) is 10.1 Å². The first-order valence-electron chi connectivity index (χ1n) is 9.85. The molecular formula is C21H20N4O6. The van der Waals surface area contributed by atoms with Crippen molar-refractivity contribution in [1.82, 2.24) is 14.8 Å². The minimum Gasteiger partial charge on any atom is -0.407 e. The van der Waals surface area contributed by atoms with Crippen LogP contribution in [0.25, 0.3) is 11.1 Å². The topological polar surface area (TPSA) is 128 Å². The summed E-state index contributed by atoms with van der Waals surface area (Å²) in [6, 6.07) is 10.8. The van der Waals surface area contributed by atoms with Crippen molar-refractivity contribution in [3.8, 4) is 0 Å². The number of carbonyl (C=O) groups excluding carboxylic acids is 2. The molecule has 0 spiro atoms. The third-order valence-corrected chi connectivity index (χ3v) is 5.25. The van der Waals surface area contributed by atoms with Gasteiger partial charge >= 0.3 is 5.76 Å². The summed E-state index contributed by atoms with van der Waals surface area (Å²) in [5.41, 5.74) is 1.57. The number of carbonyl (C=O) groups is 2. The van der Waals surface area contributed by atoms with Gasteiger partial charge in [0.1, 0.15) is 6.54 Å². The monoisotopic (exact) mass is 424 g/mol. The number of oxazole rings is 1. The zero-order valence-corrected chi connectivity index (χ0v) is 16.6. The second-order valence-corrected chi connectivity index (χ2v) is 7.34. The minimum atomic E-state index is -0.768. The number of non-ortho nitro benzene ring substituents is 1. The predicted molar refractivity (Wildman–Crippen MR) is 111 cm³/mol. The van der Waals surface area contributed by atoms with E-state index < -0.39 is 16.6 Å². The number of hydrogen-bond donors (Lipinski definition) is 1. The summed E-state index contributed by atoms with van der Waals surface area (Å²) in [5, 5.41) is 13.6. The van der Waals surface area contributed by atoms with Gasteiger partial charge in [-0.2, -0.15) is 0 Å². The Morgan fingerprint density at radius 3 is 2.48 bits per heavy atom. The Morgan fingerprint density at radius 2 is 1.81 bits per heavy atom. The van der Waals surface area contributed by atoms with E-state index in [0.29, 0.717) is 11.1 Å². The van der Waals surface area contributed by atoms with Crippen molar-refractivity contribution in [2.75, 3.05) is 13.1 Å². The Balaban J connectivity index is 1.38. The van der Waals surface area contributed by atoms with Gasteiger partial charge in [0.2, 0.25) is 5.91 Å². The van der Waals surface area contributed by atoms with Crippen LogP contribution in [0.4, 0.5) is 5.69 Å². The number of fused-ring (bicyclic) bond motifs is 1. The molecule has 2 heterocycles. The first kappa shape index (κ1) is 20.3. The first-order valence-corrected chi connectivity index (χ1v) is 9.85. The van der Waals surface area contributed by atoms with E-state index in [9.17, 15) is 24.5 Å². The average Bonchev–Trinajstić information content (AvgIpc) is 3.40. The summed E-state index contributed by atoms with van der Waals surface area (Å²) in [6.45, 7) is 1.51. The van der Waals surface area contributed by atoms with Crippen molar-refractivity contribution in [2.45, 2.75) is 25.9 Å². The Hall–Kier alpha value is -3.95. The molecule has 0 atom stereocenters. The van der Waals surface area contributed by atoms with Crippen LogP contribution < -0.4 is 11.1 Å². The molecule has 31 heavy (non-hydrogen) atoms. The van der Waals surface area contributed by atoms with Gasteiger partial charge in [-0.15, -0.1) is 0 Å². The summed E-state index contributed by atoms with van der Waals surface area (Å²) in [5.74, 6) is -1.17. The summed E-state index contributed by atoms with van der Waals surface area (Å²) in [4.78, 5) is 48.8. The zero-order chi connectivity index (χ0) is 22.0. The molecular weight excluding hydrogens is 404 g/mol. The summed E-state index contributed by atoms with van der Waals surface area (Å²) < 4.78 is 6.14. The fourth-order valence-corrected chi connectivity index (χ4v) is 3.59.